The lowest BCUT2D eigenvalue weighted by Gasteiger charge is -2.37. The summed E-state index contributed by atoms with van der Waals surface area (Å²) in [5.74, 6) is 5.64. The van der Waals surface area contributed by atoms with Gasteiger partial charge >= 0.3 is 0 Å². The van der Waals surface area contributed by atoms with Gasteiger partial charge in [0.25, 0.3) is 0 Å². The van der Waals surface area contributed by atoms with Crippen LogP contribution in [-0.4, -0.2) is 40.9 Å². The van der Waals surface area contributed by atoms with Gasteiger partial charge in [0, 0.05) is 18.3 Å². The maximum Gasteiger partial charge on any atom is 0.124 e. The van der Waals surface area contributed by atoms with Crippen molar-refractivity contribution in [3.8, 4) is 5.75 Å². The Bertz CT molecular complexity index is 391. The van der Waals surface area contributed by atoms with Crippen LogP contribution in [0.4, 0.5) is 0 Å². The van der Waals surface area contributed by atoms with Gasteiger partial charge in [0.15, 0.2) is 0 Å². The number of rotatable bonds is 8. The highest BCUT2D eigenvalue weighted by molar-refractivity contribution is 8.33. The number of nitrogens with zero attached hydrogens (tertiary/aromatic N) is 1. The molecule has 1 rings (SSSR count). The van der Waals surface area contributed by atoms with Crippen molar-refractivity contribution in [3.63, 3.8) is 0 Å². The standard InChI is InChI=1S/C16H27NOS/c1-4-19(5-2,6-3)13-9-12-17-14-15-10-7-8-11-16(15)18/h7-8,10-11,14,18H,4-6,9,12-13H2,1-3H3. The van der Waals surface area contributed by atoms with Crippen LogP contribution in [-0.2, 0) is 0 Å². The molecule has 0 amide bonds. The molecule has 0 aromatic heterocycles. The second-order valence-corrected chi connectivity index (χ2v) is 9.33. The predicted molar refractivity (Wildman–Crippen MR) is 89.3 cm³/mol. The highest BCUT2D eigenvalue weighted by Crippen LogP contribution is 2.47. The third-order valence-electron chi connectivity index (χ3n) is 3.87. The van der Waals surface area contributed by atoms with Crippen molar-refractivity contribution in [2.75, 3.05) is 29.6 Å². The molecule has 0 heterocycles. The molecule has 1 aromatic rings. The first-order valence-corrected chi connectivity index (χ1v) is 9.50. The molecule has 108 valence electrons. The number of benzene rings is 1. The van der Waals surface area contributed by atoms with E-state index in [1.54, 1.807) is 12.3 Å². The van der Waals surface area contributed by atoms with Gasteiger partial charge in [-0.3, -0.25) is 4.99 Å². The fourth-order valence-corrected chi connectivity index (χ4v) is 5.10. The van der Waals surface area contributed by atoms with E-state index in [1.165, 1.54) is 23.0 Å². The Morgan fingerprint density at radius 3 is 2.32 bits per heavy atom. The lowest BCUT2D eigenvalue weighted by Crippen LogP contribution is -2.13. The zero-order chi connectivity index (χ0) is 14.1. The van der Waals surface area contributed by atoms with E-state index in [0.29, 0.717) is 5.75 Å². The minimum absolute atomic E-state index is 0.307. The lowest BCUT2D eigenvalue weighted by atomic mass is 10.2. The van der Waals surface area contributed by atoms with E-state index in [1.807, 2.05) is 18.2 Å². The summed E-state index contributed by atoms with van der Waals surface area (Å²) in [5, 5.41) is 9.62. The molecule has 0 atom stereocenters. The van der Waals surface area contributed by atoms with Gasteiger partial charge in [-0.15, -0.1) is 0 Å². The molecular weight excluding hydrogens is 254 g/mol. The number of phenols is 1. The van der Waals surface area contributed by atoms with Crippen LogP contribution in [0.2, 0.25) is 0 Å². The summed E-state index contributed by atoms with van der Waals surface area (Å²) in [6.07, 6.45) is 2.95. The maximum atomic E-state index is 9.62. The van der Waals surface area contributed by atoms with Gasteiger partial charge in [-0.25, -0.2) is 10.0 Å². The Labute approximate surface area is 119 Å². The molecule has 19 heavy (non-hydrogen) atoms. The molecule has 0 aliphatic rings. The highest BCUT2D eigenvalue weighted by Gasteiger charge is 2.16. The van der Waals surface area contributed by atoms with Crippen molar-refractivity contribution in [1.29, 1.82) is 0 Å². The van der Waals surface area contributed by atoms with Crippen LogP contribution in [0.15, 0.2) is 29.3 Å². The molecule has 0 bridgehead atoms. The Hall–Kier alpha value is -0.960. The molecule has 0 aliphatic carbocycles. The quantitative estimate of drug-likeness (QED) is 0.565. The van der Waals surface area contributed by atoms with Crippen molar-refractivity contribution in [2.24, 2.45) is 4.99 Å². The normalized spacial score (nSPS) is 13.0. The third-order valence-corrected chi connectivity index (χ3v) is 8.70. The Kier molecular flexibility index (Phi) is 7.00. The first-order valence-electron chi connectivity index (χ1n) is 7.19. The molecule has 3 heteroatoms. The zero-order valence-corrected chi connectivity index (χ0v) is 13.2. The first kappa shape index (κ1) is 16.1. The number of aliphatic imine (C=N–C) groups is 1. The first-order chi connectivity index (χ1) is 9.17. The van der Waals surface area contributed by atoms with Gasteiger partial charge < -0.3 is 5.11 Å². The smallest absolute Gasteiger partial charge is 0.124 e. The maximum absolute atomic E-state index is 9.62. The van der Waals surface area contributed by atoms with E-state index in [-0.39, 0.29) is 10.0 Å². The molecule has 0 aliphatic heterocycles. The minimum Gasteiger partial charge on any atom is -0.507 e. The van der Waals surface area contributed by atoms with Gasteiger partial charge in [-0.1, -0.05) is 32.9 Å². The van der Waals surface area contributed by atoms with Crippen molar-refractivity contribution in [2.45, 2.75) is 27.2 Å². The van der Waals surface area contributed by atoms with Gasteiger partial charge in [-0.2, -0.15) is 0 Å². The summed E-state index contributed by atoms with van der Waals surface area (Å²) in [5.41, 5.74) is 0.808. The van der Waals surface area contributed by atoms with Crippen LogP contribution in [0.25, 0.3) is 0 Å². The number of hydrogen-bond acceptors (Lipinski definition) is 2. The summed E-state index contributed by atoms with van der Waals surface area (Å²) < 4.78 is 0. The average molecular weight is 281 g/mol. The Morgan fingerprint density at radius 1 is 1.11 bits per heavy atom. The summed E-state index contributed by atoms with van der Waals surface area (Å²) >= 11 is 0. The minimum atomic E-state index is -0.387. The fourth-order valence-electron chi connectivity index (χ4n) is 2.27. The van der Waals surface area contributed by atoms with Gasteiger partial charge in [0.2, 0.25) is 0 Å². The van der Waals surface area contributed by atoms with Gasteiger partial charge in [-0.05, 0) is 41.6 Å². The van der Waals surface area contributed by atoms with Crippen molar-refractivity contribution in [1.82, 2.24) is 0 Å². The second kappa shape index (κ2) is 8.26. The Morgan fingerprint density at radius 2 is 1.74 bits per heavy atom. The molecule has 2 nitrogen and oxygen atoms in total. The molecule has 0 spiro atoms. The number of hydrogen-bond donors (Lipinski definition) is 1. The monoisotopic (exact) mass is 281 g/mol. The van der Waals surface area contributed by atoms with Crippen LogP contribution >= 0.6 is 10.0 Å². The molecule has 1 N–H and O–H groups in total. The van der Waals surface area contributed by atoms with Crippen LogP contribution in [0.5, 0.6) is 5.75 Å². The van der Waals surface area contributed by atoms with Gasteiger partial charge in [0.1, 0.15) is 5.75 Å². The van der Waals surface area contributed by atoms with Crippen molar-refractivity contribution in [3.05, 3.63) is 29.8 Å². The van der Waals surface area contributed by atoms with E-state index in [0.717, 1.165) is 18.5 Å². The molecule has 0 saturated carbocycles. The van der Waals surface area contributed by atoms with E-state index in [9.17, 15) is 5.11 Å². The van der Waals surface area contributed by atoms with Crippen LogP contribution in [0, 0.1) is 0 Å². The topological polar surface area (TPSA) is 32.6 Å². The van der Waals surface area contributed by atoms with Gasteiger partial charge in [0.05, 0.1) is 0 Å². The average Bonchev–Trinajstić information content (AvgIpc) is 2.45. The zero-order valence-electron chi connectivity index (χ0n) is 12.4. The second-order valence-electron chi connectivity index (χ2n) is 4.74. The molecule has 0 saturated heterocycles. The van der Waals surface area contributed by atoms with Crippen LogP contribution in [0.3, 0.4) is 0 Å². The molecule has 1 aromatic carbocycles. The summed E-state index contributed by atoms with van der Waals surface area (Å²) in [7, 11) is -0.387. The summed E-state index contributed by atoms with van der Waals surface area (Å²) in [4.78, 5) is 4.44. The Balaban J connectivity index is 2.41. The van der Waals surface area contributed by atoms with Crippen LogP contribution in [0.1, 0.15) is 32.8 Å². The molecule has 0 fully saturated rings. The molecular formula is C16H27NOS. The molecule has 0 unspecified atom stereocenters. The number of para-hydroxylation sites is 1. The largest absolute Gasteiger partial charge is 0.507 e. The summed E-state index contributed by atoms with van der Waals surface area (Å²) in [6.45, 7) is 7.85. The van der Waals surface area contributed by atoms with Crippen molar-refractivity contribution >= 4 is 16.2 Å². The lowest BCUT2D eigenvalue weighted by molar-refractivity contribution is 0.474. The third kappa shape index (κ3) is 4.90. The van der Waals surface area contributed by atoms with E-state index in [2.05, 4.69) is 25.8 Å². The number of phenolic OH excluding ortho intramolecular Hbond substituents is 1. The molecule has 0 radical (unpaired) electrons. The van der Waals surface area contributed by atoms with E-state index >= 15 is 0 Å². The van der Waals surface area contributed by atoms with Crippen LogP contribution < -0.4 is 0 Å². The van der Waals surface area contributed by atoms with Crippen molar-refractivity contribution < 1.29 is 5.11 Å². The highest BCUT2D eigenvalue weighted by atomic mass is 32.3. The van der Waals surface area contributed by atoms with E-state index in [4.69, 9.17) is 0 Å². The predicted octanol–water partition coefficient (Wildman–Crippen LogP) is 4.07. The SMILES string of the molecule is CCS(CC)(CC)CCCN=Cc1ccccc1O. The summed E-state index contributed by atoms with van der Waals surface area (Å²) in [6, 6.07) is 7.33. The fraction of sp³-hybridized carbons (Fsp3) is 0.562. The van der Waals surface area contributed by atoms with E-state index < -0.39 is 0 Å². The number of aromatic hydroxyl groups is 1.